The number of carbonyl (C=O) groups is 1. The van der Waals surface area contributed by atoms with Crippen molar-refractivity contribution in [1.82, 2.24) is 5.32 Å². The second-order valence-electron chi connectivity index (χ2n) is 4.23. The van der Waals surface area contributed by atoms with Crippen LogP contribution in [0.5, 0.6) is 0 Å². The highest BCUT2D eigenvalue weighted by Gasteiger charge is 2.35. The molecule has 0 aromatic heterocycles. The highest BCUT2D eigenvalue weighted by atomic mass is 16.4. The van der Waals surface area contributed by atoms with Crippen molar-refractivity contribution in [1.29, 1.82) is 0 Å². The molecule has 0 aliphatic rings. The first-order chi connectivity index (χ1) is 8.51. The quantitative estimate of drug-likeness (QED) is 0.527. The van der Waals surface area contributed by atoms with Gasteiger partial charge in [-0.2, -0.15) is 0 Å². The Kier molecular flexibility index (Phi) is 5.27. The van der Waals surface area contributed by atoms with Crippen LogP contribution in [0.1, 0.15) is 18.9 Å². The second kappa shape index (κ2) is 6.49. The Morgan fingerprint density at radius 3 is 2.44 bits per heavy atom. The maximum absolute atomic E-state index is 11.0. The number of aliphatic hydroxyl groups is 2. The third-order valence-corrected chi connectivity index (χ3v) is 2.85. The third kappa shape index (κ3) is 3.80. The Morgan fingerprint density at radius 1 is 1.39 bits per heavy atom. The van der Waals surface area contributed by atoms with Gasteiger partial charge < -0.3 is 15.3 Å². The van der Waals surface area contributed by atoms with E-state index < -0.39 is 17.7 Å². The van der Waals surface area contributed by atoms with Gasteiger partial charge in [-0.15, -0.1) is 0 Å². The van der Waals surface area contributed by atoms with E-state index in [-0.39, 0.29) is 13.0 Å². The third-order valence-electron chi connectivity index (χ3n) is 2.85. The van der Waals surface area contributed by atoms with E-state index >= 15 is 0 Å². The average molecular weight is 253 g/mol. The van der Waals surface area contributed by atoms with Gasteiger partial charge in [-0.25, -0.2) is 4.79 Å². The maximum Gasteiger partial charge on any atom is 0.351 e. The van der Waals surface area contributed by atoms with Crippen LogP contribution in [0, 0.1) is 0 Å². The standard InChI is InChI=1S/C13H19NO4/c1-2-13(18,12(16)17)14-11(9-15)8-10-6-4-3-5-7-10/h3-7,11,14-15,18H,2,8-9H2,1H3,(H,16,17). The summed E-state index contributed by atoms with van der Waals surface area (Å²) >= 11 is 0. The van der Waals surface area contributed by atoms with Crippen LogP contribution in [-0.4, -0.2) is 39.7 Å². The molecule has 1 aromatic rings. The second-order valence-corrected chi connectivity index (χ2v) is 4.23. The highest BCUT2D eigenvalue weighted by molar-refractivity contribution is 5.76. The maximum atomic E-state index is 11.0. The molecule has 100 valence electrons. The van der Waals surface area contributed by atoms with Gasteiger partial charge in [-0.1, -0.05) is 37.3 Å². The van der Waals surface area contributed by atoms with Gasteiger partial charge in [0.25, 0.3) is 0 Å². The number of benzene rings is 1. The van der Waals surface area contributed by atoms with Gasteiger partial charge in [0.2, 0.25) is 5.72 Å². The summed E-state index contributed by atoms with van der Waals surface area (Å²) in [4.78, 5) is 11.0. The minimum absolute atomic E-state index is 0.0215. The number of hydrogen-bond donors (Lipinski definition) is 4. The normalized spacial score (nSPS) is 15.9. The fourth-order valence-corrected chi connectivity index (χ4v) is 1.71. The molecule has 4 N–H and O–H groups in total. The first-order valence-corrected chi connectivity index (χ1v) is 5.90. The summed E-state index contributed by atoms with van der Waals surface area (Å²) in [6, 6.07) is 8.88. The topological polar surface area (TPSA) is 89.8 Å². The summed E-state index contributed by atoms with van der Waals surface area (Å²) in [6.45, 7) is 1.32. The molecule has 0 fully saturated rings. The predicted octanol–water partition coefficient (Wildman–Crippen LogP) is 0.363. The molecule has 0 bridgehead atoms. The Morgan fingerprint density at radius 2 is 2.00 bits per heavy atom. The van der Waals surface area contributed by atoms with E-state index in [2.05, 4.69) is 5.32 Å². The molecule has 0 heterocycles. The van der Waals surface area contributed by atoms with Gasteiger partial charge in [0, 0.05) is 6.04 Å². The molecular weight excluding hydrogens is 234 g/mol. The van der Waals surface area contributed by atoms with Crippen molar-refractivity contribution in [3.05, 3.63) is 35.9 Å². The Labute approximate surface area is 106 Å². The van der Waals surface area contributed by atoms with Crippen molar-refractivity contribution in [3.8, 4) is 0 Å². The van der Waals surface area contributed by atoms with Gasteiger partial charge in [-0.05, 0) is 18.4 Å². The van der Waals surface area contributed by atoms with Gasteiger partial charge in [-0.3, -0.25) is 5.32 Å². The molecule has 1 rings (SSSR count). The fourth-order valence-electron chi connectivity index (χ4n) is 1.71. The van der Waals surface area contributed by atoms with Crippen LogP contribution >= 0.6 is 0 Å². The van der Waals surface area contributed by atoms with Crippen molar-refractivity contribution in [3.63, 3.8) is 0 Å². The molecule has 0 spiro atoms. The first-order valence-electron chi connectivity index (χ1n) is 5.90. The van der Waals surface area contributed by atoms with Crippen LogP contribution in [0.25, 0.3) is 0 Å². The number of aliphatic carboxylic acids is 1. The molecule has 2 unspecified atom stereocenters. The molecule has 5 nitrogen and oxygen atoms in total. The molecule has 0 radical (unpaired) electrons. The van der Waals surface area contributed by atoms with Crippen molar-refractivity contribution in [2.75, 3.05) is 6.61 Å². The number of rotatable bonds is 7. The molecule has 18 heavy (non-hydrogen) atoms. The zero-order valence-electron chi connectivity index (χ0n) is 10.3. The summed E-state index contributed by atoms with van der Waals surface area (Å²) in [5.41, 5.74) is -1.03. The van der Waals surface area contributed by atoms with Crippen LogP contribution in [-0.2, 0) is 11.2 Å². The van der Waals surface area contributed by atoms with Gasteiger partial charge in [0.05, 0.1) is 6.61 Å². The lowest BCUT2D eigenvalue weighted by atomic mass is 10.0. The molecule has 2 atom stereocenters. The number of nitrogens with one attached hydrogen (secondary N) is 1. The Bertz CT molecular complexity index is 382. The van der Waals surface area contributed by atoms with Crippen LogP contribution in [0.2, 0.25) is 0 Å². The van der Waals surface area contributed by atoms with Crippen molar-refractivity contribution >= 4 is 5.97 Å². The SMILES string of the molecule is CCC(O)(NC(CO)Cc1ccccc1)C(=O)O. The summed E-state index contributed by atoms with van der Waals surface area (Å²) < 4.78 is 0. The minimum Gasteiger partial charge on any atom is -0.478 e. The lowest BCUT2D eigenvalue weighted by Gasteiger charge is -2.28. The molecular formula is C13H19NO4. The largest absolute Gasteiger partial charge is 0.478 e. The smallest absolute Gasteiger partial charge is 0.351 e. The van der Waals surface area contributed by atoms with Gasteiger partial charge in [0.1, 0.15) is 0 Å². The van der Waals surface area contributed by atoms with Crippen LogP contribution < -0.4 is 5.32 Å². The summed E-state index contributed by atoms with van der Waals surface area (Å²) in [5, 5.41) is 30.6. The Balaban J connectivity index is 2.70. The Hall–Kier alpha value is -1.43. The van der Waals surface area contributed by atoms with Crippen LogP contribution in [0.3, 0.4) is 0 Å². The van der Waals surface area contributed by atoms with E-state index in [4.69, 9.17) is 5.11 Å². The van der Waals surface area contributed by atoms with E-state index in [0.29, 0.717) is 6.42 Å². The van der Waals surface area contributed by atoms with E-state index in [1.807, 2.05) is 30.3 Å². The van der Waals surface area contributed by atoms with Crippen molar-refractivity contribution < 1.29 is 20.1 Å². The average Bonchev–Trinajstić information content (AvgIpc) is 2.38. The van der Waals surface area contributed by atoms with Gasteiger partial charge >= 0.3 is 5.97 Å². The molecule has 1 aromatic carbocycles. The number of hydrogen-bond acceptors (Lipinski definition) is 4. The van der Waals surface area contributed by atoms with Crippen LogP contribution in [0.15, 0.2) is 30.3 Å². The van der Waals surface area contributed by atoms with E-state index in [0.717, 1.165) is 5.56 Å². The lowest BCUT2D eigenvalue weighted by Crippen LogP contribution is -2.57. The fraction of sp³-hybridized carbons (Fsp3) is 0.462. The van der Waals surface area contributed by atoms with E-state index in [1.165, 1.54) is 0 Å². The first kappa shape index (κ1) is 14.6. The zero-order chi connectivity index (χ0) is 13.6. The van der Waals surface area contributed by atoms with Crippen LogP contribution in [0.4, 0.5) is 0 Å². The highest BCUT2D eigenvalue weighted by Crippen LogP contribution is 2.10. The molecule has 0 aliphatic carbocycles. The van der Waals surface area contributed by atoms with E-state index in [1.54, 1.807) is 6.92 Å². The lowest BCUT2D eigenvalue weighted by molar-refractivity contribution is -0.164. The van der Waals surface area contributed by atoms with E-state index in [9.17, 15) is 15.0 Å². The zero-order valence-corrected chi connectivity index (χ0v) is 10.3. The summed E-state index contributed by atoms with van der Waals surface area (Å²) in [6.07, 6.45) is 0.473. The molecule has 5 heteroatoms. The summed E-state index contributed by atoms with van der Waals surface area (Å²) in [7, 11) is 0. The molecule has 0 saturated heterocycles. The number of aliphatic hydroxyl groups excluding tert-OH is 1. The minimum atomic E-state index is -2.00. The molecule has 0 amide bonds. The van der Waals surface area contributed by atoms with Gasteiger partial charge in [0.15, 0.2) is 0 Å². The number of carboxylic acids is 1. The number of carboxylic acid groups (broad SMARTS) is 1. The summed E-state index contributed by atoms with van der Waals surface area (Å²) in [5.74, 6) is -1.34. The van der Waals surface area contributed by atoms with Crippen molar-refractivity contribution in [2.24, 2.45) is 0 Å². The molecule has 0 saturated carbocycles. The molecule has 0 aliphatic heterocycles. The van der Waals surface area contributed by atoms with Crippen molar-refractivity contribution in [2.45, 2.75) is 31.5 Å². The predicted molar refractivity (Wildman–Crippen MR) is 67.0 cm³/mol. The monoisotopic (exact) mass is 253 g/mol.